The molecule has 4 nitrogen and oxygen atoms in total. The molecule has 100 valence electrons. The van der Waals surface area contributed by atoms with Crippen LogP contribution in [0.2, 0.25) is 0 Å². The summed E-state index contributed by atoms with van der Waals surface area (Å²) in [5.41, 5.74) is 1.53. The normalized spacial score (nSPS) is 10.3. The van der Waals surface area contributed by atoms with E-state index in [1.807, 2.05) is 0 Å². The molecular formula is C12H12F2N4S. The van der Waals surface area contributed by atoms with Gasteiger partial charge in [-0.1, -0.05) is 12.2 Å². The van der Waals surface area contributed by atoms with E-state index in [0.717, 1.165) is 0 Å². The Kier molecular flexibility index (Phi) is 4.06. The molecule has 1 aromatic heterocycles. The molecule has 0 atom stereocenters. The van der Waals surface area contributed by atoms with E-state index in [1.165, 1.54) is 22.3 Å². The maximum atomic E-state index is 14.0. The lowest BCUT2D eigenvalue weighted by Crippen LogP contribution is -2.08. The first-order valence-electron chi connectivity index (χ1n) is 5.54. The number of nitrogens with one attached hydrogen (secondary N) is 2. The predicted octanol–water partition coefficient (Wildman–Crippen LogP) is 2.62. The van der Waals surface area contributed by atoms with Crippen LogP contribution in [0.1, 0.15) is 5.56 Å². The van der Waals surface area contributed by atoms with Crippen molar-refractivity contribution in [2.45, 2.75) is 6.54 Å². The van der Waals surface area contributed by atoms with E-state index in [9.17, 15) is 8.78 Å². The fourth-order valence-electron chi connectivity index (χ4n) is 1.68. The Morgan fingerprint density at radius 2 is 2.16 bits per heavy atom. The van der Waals surface area contributed by atoms with Crippen LogP contribution >= 0.6 is 12.2 Å². The molecule has 2 rings (SSSR count). The predicted molar refractivity (Wildman–Crippen MR) is 74.5 cm³/mol. The first-order valence-corrected chi connectivity index (χ1v) is 6.01. The summed E-state index contributed by atoms with van der Waals surface area (Å²) in [6, 6.07) is 4.25. The van der Waals surface area contributed by atoms with E-state index >= 15 is 0 Å². The van der Waals surface area contributed by atoms with Crippen molar-refractivity contribution < 1.29 is 8.78 Å². The number of benzene rings is 1. The maximum Gasteiger partial charge on any atom is 0.154 e. The zero-order valence-corrected chi connectivity index (χ0v) is 11.0. The van der Waals surface area contributed by atoms with Gasteiger partial charge < -0.3 is 10.6 Å². The molecule has 0 unspecified atom stereocenters. The number of thiocarbonyl (C=S) groups is 1. The van der Waals surface area contributed by atoms with Crippen LogP contribution in [0.3, 0.4) is 0 Å². The molecule has 2 aromatic rings. The third-order valence-electron chi connectivity index (χ3n) is 2.62. The number of nitrogens with zero attached hydrogens (tertiary/aromatic N) is 2. The zero-order valence-electron chi connectivity index (χ0n) is 10.2. The van der Waals surface area contributed by atoms with E-state index in [-0.39, 0.29) is 17.8 Å². The fourth-order valence-corrected chi connectivity index (χ4v) is 1.81. The second-order valence-electron chi connectivity index (χ2n) is 3.80. The SMILES string of the molecule is CNc1ccc(F)c(Cn2ccc(NC=S)n2)c1F. The molecule has 0 aliphatic carbocycles. The van der Waals surface area contributed by atoms with E-state index in [0.29, 0.717) is 5.82 Å². The van der Waals surface area contributed by atoms with Crippen molar-refractivity contribution in [1.29, 1.82) is 0 Å². The van der Waals surface area contributed by atoms with Crippen LogP contribution in [-0.4, -0.2) is 22.3 Å². The highest BCUT2D eigenvalue weighted by Crippen LogP contribution is 2.21. The lowest BCUT2D eigenvalue weighted by atomic mass is 10.1. The lowest BCUT2D eigenvalue weighted by Gasteiger charge is -2.09. The molecule has 1 heterocycles. The van der Waals surface area contributed by atoms with Gasteiger partial charge in [0.15, 0.2) is 11.6 Å². The zero-order chi connectivity index (χ0) is 13.8. The van der Waals surface area contributed by atoms with E-state index in [2.05, 4.69) is 28.0 Å². The Labute approximate surface area is 114 Å². The van der Waals surface area contributed by atoms with Crippen molar-refractivity contribution in [2.24, 2.45) is 0 Å². The van der Waals surface area contributed by atoms with Gasteiger partial charge in [0, 0.05) is 24.9 Å². The Morgan fingerprint density at radius 1 is 1.37 bits per heavy atom. The van der Waals surface area contributed by atoms with Crippen LogP contribution in [0.5, 0.6) is 0 Å². The third kappa shape index (κ3) is 2.87. The molecule has 0 aliphatic heterocycles. The van der Waals surface area contributed by atoms with Crippen LogP contribution in [0.4, 0.5) is 20.3 Å². The summed E-state index contributed by atoms with van der Waals surface area (Å²) >= 11 is 4.63. The van der Waals surface area contributed by atoms with Gasteiger partial charge in [0.2, 0.25) is 0 Å². The van der Waals surface area contributed by atoms with Gasteiger partial charge in [-0.2, -0.15) is 5.10 Å². The Hall–Kier alpha value is -2.02. The van der Waals surface area contributed by atoms with Crippen molar-refractivity contribution in [3.8, 4) is 0 Å². The van der Waals surface area contributed by atoms with Gasteiger partial charge in [-0.3, -0.25) is 4.68 Å². The van der Waals surface area contributed by atoms with Crippen LogP contribution in [0.15, 0.2) is 24.4 Å². The summed E-state index contributed by atoms with van der Waals surface area (Å²) in [6.07, 6.45) is 1.62. The number of rotatable bonds is 5. The average Bonchev–Trinajstić information content (AvgIpc) is 2.83. The van der Waals surface area contributed by atoms with E-state index < -0.39 is 11.6 Å². The number of anilines is 2. The summed E-state index contributed by atoms with van der Waals surface area (Å²) in [7, 11) is 1.58. The van der Waals surface area contributed by atoms with Gasteiger partial charge in [0.25, 0.3) is 0 Å². The second-order valence-corrected chi connectivity index (χ2v) is 4.03. The average molecular weight is 282 g/mol. The molecular weight excluding hydrogens is 270 g/mol. The molecule has 7 heteroatoms. The third-order valence-corrected chi connectivity index (χ3v) is 2.74. The van der Waals surface area contributed by atoms with Gasteiger partial charge in [-0.25, -0.2) is 8.78 Å². The quantitative estimate of drug-likeness (QED) is 0.827. The van der Waals surface area contributed by atoms with Crippen LogP contribution < -0.4 is 10.6 Å². The number of aromatic nitrogens is 2. The van der Waals surface area contributed by atoms with E-state index in [1.54, 1.807) is 19.3 Å². The van der Waals surface area contributed by atoms with Crippen molar-refractivity contribution in [2.75, 3.05) is 17.7 Å². The van der Waals surface area contributed by atoms with Crippen LogP contribution in [-0.2, 0) is 6.54 Å². The molecule has 0 saturated heterocycles. The number of halogens is 2. The standard InChI is InChI=1S/C12H12F2N4S/c1-15-10-3-2-9(13)8(12(10)14)6-18-5-4-11(17-18)16-7-19/h2-5,7,15H,6H2,1H3,(H,16,17,19). The summed E-state index contributed by atoms with van der Waals surface area (Å²) in [4.78, 5) is 0. The monoisotopic (exact) mass is 282 g/mol. The fraction of sp³-hybridized carbons (Fsp3) is 0.167. The minimum Gasteiger partial charge on any atom is -0.386 e. The Bertz CT molecular complexity index is 597. The second kappa shape index (κ2) is 5.75. The number of hydrogen-bond donors (Lipinski definition) is 2. The molecule has 0 spiro atoms. The molecule has 0 fully saturated rings. The minimum atomic E-state index is -0.609. The topological polar surface area (TPSA) is 41.9 Å². The molecule has 0 bridgehead atoms. The van der Waals surface area contributed by atoms with Gasteiger partial charge in [-0.15, -0.1) is 0 Å². The van der Waals surface area contributed by atoms with Crippen LogP contribution in [0, 0.1) is 11.6 Å². The molecule has 0 amide bonds. The molecule has 0 radical (unpaired) electrons. The summed E-state index contributed by atoms with van der Waals surface area (Å²) in [6.45, 7) is 0.00625. The highest BCUT2D eigenvalue weighted by molar-refractivity contribution is 7.79. The molecule has 1 aromatic carbocycles. The van der Waals surface area contributed by atoms with Gasteiger partial charge in [0.05, 0.1) is 17.7 Å². The summed E-state index contributed by atoms with van der Waals surface area (Å²) < 4.78 is 29.1. The lowest BCUT2D eigenvalue weighted by molar-refractivity contribution is 0.535. The van der Waals surface area contributed by atoms with Crippen molar-refractivity contribution in [1.82, 2.24) is 9.78 Å². The highest BCUT2D eigenvalue weighted by Gasteiger charge is 2.13. The first kappa shape index (κ1) is 13.4. The smallest absolute Gasteiger partial charge is 0.154 e. The van der Waals surface area contributed by atoms with Crippen molar-refractivity contribution in [3.63, 3.8) is 0 Å². The molecule has 19 heavy (non-hydrogen) atoms. The number of hydrogen-bond acceptors (Lipinski definition) is 3. The van der Waals surface area contributed by atoms with Crippen molar-refractivity contribution >= 4 is 29.2 Å². The van der Waals surface area contributed by atoms with E-state index in [4.69, 9.17) is 0 Å². The Morgan fingerprint density at radius 3 is 2.84 bits per heavy atom. The van der Waals surface area contributed by atoms with Gasteiger partial charge in [0.1, 0.15) is 5.82 Å². The summed E-state index contributed by atoms with van der Waals surface area (Å²) in [5, 5.41) is 9.48. The molecule has 2 N–H and O–H groups in total. The summed E-state index contributed by atoms with van der Waals surface area (Å²) in [5.74, 6) is -0.681. The van der Waals surface area contributed by atoms with Gasteiger partial charge in [-0.05, 0) is 12.1 Å². The van der Waals surface area contributed by atoms with Crippen LogP contribution in [0.25, 0.3) is 0 Å². The first-order chi connectivity index (χ1) is 9.15. The van der Waals surface area contributed by atoms with Crippen molar-refractivity contribution in [3.05, 3.63) is 41.6 Å². The molecule has 0 saturated carbocycles. The minimum absolute atomic E-state index is 0.00625. The molecule has 0 aliphatic rings. The highest BCUT2D eigenvalue weighted by atomic mass is 32.1. The Balaban J connectivity index is 2.29. The largest absolute Gasteiger partial charge is 0.386 e. The maximum absolute atomic E-state index is 14.0. The van der Waals surface area contributed by atoms with Gasteiger partial charge >= 0.3 is 0 Å².